The number of thiazole rings is 1. The fraction of sp³-hybridized carbons (Fsp3) is 0.125. The Kier molecular flexibility index (Phi) is 6.24. The number of aromatic nitrogens is 2. The molecule has 0 unspecified atom stereocenters. The van der Waals surface area contributed by atoms with Gasteiger partial charge in [0.05, 0.1) is 5.69 Å². The zero-order chi connectivity index (χ0) is 21.6. The molecule has 4 rings (SSSR count). The van der Waals surface area contributed by atoms with E-state index in [2.05, 4.69) is 4.98 Å². The second-order valence-corrected chi connectivity index (χ2v) is 7.70. The standard InChI is InChI=1S/C24H20N2O4S/c1-17-16-31-24-25-20(13-22(27)26(17)24)15-30-23(28)12-9-18-7-10-21(11-8-18)29-14-19-5-3-2-4-6-19/h2-13,16H,14-15H2,1H3/b12-9+. The van der Waals surface area contributed by atoms with Crippen molar-refractivity contribution in [2.45, 2.75) is 20.1 Å². The Balaban J connectivity index is 1.30. The van der Waals surface area contributed by atoms with E-state index < -0.39 is 5.97 Å². The maximum atomic E-state index is 12.2. The first-order chi connectivity index (χ1) is 15.1. The predicted octanol–water partition coefficient (Wildman–Crippen LogP) is 4.40. The van der Waals surface area contributed by atoms with Gasteiger partial charge in [-0.15, -0.1) is 11.3 Å². The largest absolute Gasteiger partial charge is 0.489 e. The average molecular weight is 433 g/mol. The summed E-state index contributed by atoms with van der Waals surface area (Å²) in [6.45, 7) is 2.29. The number of carbonyl (C=O) groups is 1. The summed E-state index contributed by atoms with van der Waals surface area (Å²) < 4.78 is 12.5. The number of rotatable bonds is 7. The molecule has 2 heterocycles. The summed E-state index contributed by atoms with van der Waals surface area (Å²) in [5.74, 6) is 0.244. The van der Waals surface area contributed by atoms with Crippen LogP contribution in [0, 0.1) is 6.92 Å². The highest BCUT2D eigenvalue weighted by atomic mass is 32.1. The van der Waals surface area contributed by atoms with Gasteiger partial charge >= 0.3 is 5.97 Å². The van der Waals surface area contributed by atoms with Gasteiger partial charge in [-0.1, -0.05) is 42.5 Å². The number of fused-ring (bicyclic) bond motifs is 1. The van der Waals surface area contributed by atoms with Gasteiger partial charge in [-0.3, -0.25) is 9.20 Å². The Morgan fingerprint density at radius 2 is 1.87 bits per heavy atom. The van der Waals surface area contributed by atoms with Crippen molar-refractivity contribution in [3.05, 3.63) is 105 Å². The van der Waals surface area contributed by atoms with Gasteiger partial charge in [-0.2, -0.15) is 0 Å². The molecule has 2 aromatic carbocycles. The molecule has 31 heavy (non-hydrogen) atoms. The van der Waals surface area contributed by atoms with Crippen LogP contribution in [0.2, 0.25) is 0 Å². The van der Waals surface area contributed by atoms with E-state index in [0.29, 0.717) is 17.3 Å². The monoisotopic (exact) mass is 432 g/mol. The molecule has 0 atom stereocenters. The summed E-state index contributed by atoms with van der Waals surface area (Å²) >= 11 is 1.37. The molecule has 0 bridgehead atoms. The Morgan fingerprint density at radius 3 is 2.65 bits per heavy atom. The number of esters is 1. The summed E-state index contributed by atoms with van der Waals surface area (Å²) in [5.41, 5.74) is 3.02. The van der Waals surface area contributed by atoms with E-state index in [1.54, 1.807) is 6.08 Å². The minimum atomic E-state index is -0.506. The number of carbonyl (C=O) groups excluding carboxylic acids is 1. The van der Waals surface area contributed by atoms with Gasteiger partial charge in [-0.05, 0) is 36.3 Å². The number of benzene rings is 2. The summed E-state index contributed by atoms with van der Waals surface area (Å²) in [4.78, 5) is 29.1. The van der Waals surface area contributed by atoms with Crippen molar-refractivity contribution in [2.75, 3.05) is 0 Å². The molecule has 0 fully saturated rings. The van der Waals surface area contributed by atoms with E-state index in [1.165, 1.54) is 27.9 Å². The summed E-state index contributed by atoms with van der Waals surface area (Å²) in [5, 5.41) is 1.86. The van der Waals surface area contributed by atoms with E-state index >= 15 is 0 Å². The lowest BCUT2D eigenvalue weighted by Crippen LogP contribution is -2.16. The van der Waals surface area contributed by atoms with Crippen molar-refractivity contribution >= 4 is 28.3 Å². The predicted molar refractivity (Wildman–Crippen MR) is 120 cm³/mol. The van der Waals surface area contributed by atoms with Gasteiger partial charge < -0.3 is 9.47 Å². The van der Waals surface area contributed by atoms with E-state index in [9.17, 15) is 9.59 Å². The number of aryl methyl sites for hydroxylation is 1. The molecule has 4 aromatic rings. The molecule has 0 aliphatic heterocycles. The molecule has 0 saturated carbocycles. The van der Waals surface area contributed by atoms with Gasteiger partial charge in [0.15, 0.2) is 4.96 Å². The van der Waals surface area contributed by atoms with Crippen LogP contribution in [0.3, 0.4) is 0 Å². The number of ether oxygens (including phenoxy) is 2. The van der Waals surface area contributed by atoms with Crippen LogP contribution in [0.4, 0.5) is 0 Å². The normalized spacial score (nSPS) is 11.1. The third-order valence-electron chi connectivity index (χ3n) is 4.53. The lowest BCUT2D eigenvalue weighted by atomic mass is 10.2. The Bertz CT molecular complexity index is 1270. The molecule has 6 nitrogen and oxygen atoms in total. The van der Waals surface area contributed by atoms with Gasteiger partial charge in [0, 0.05) is 23.2 Å². The summed E-state index contributed by atoms with van der Waals surface area (Å²) in [6.07, 6.45) is 3.01. The van der Waals surface area contributed by atoms with Gasteiger partial charge in [0.2, 0.25) is 0 Å². The second kappa shape index (κ2) is 9.40. The van der Waals surface area contributed by atoms with Crippen molar-refractivity contribution < 1.29 is 14.3 Å². The van der Waals surface area contributed by atoms with E-state index in [1.807, 2.05) is 66.9 Å². The minimum Gasteiger partial charge on any atom is -0.489 e. The maximum absolute atomic E-state index is 12.2. The first-order valence-corrected chi connectivity index (χ1v) is 10.5. The molecule has 0 N–H and O–H groups in total. The van der Waals surface area contributed by atoms with Crippen molar-refractivity contribution in [2.24, 2.45) is 0 Å². The molecule has 0 radical (unpaired) electrons. The van der Waals surface area contributed by atoms with Crippen LogP contribution < -0.4 is 10.3 Å². The van der Waals surface area contributed by atoms with Crippen LogP contribution >= 0.6 is 11.3 Å². The lowest BCUT2D eigenvalue weighted by Gasteiger charge is -2.06. The molecule has 0 saturated heterocycles. The zero-order valence-electron chi connectivity index (χ0n) is 16.9. The molecule has 156 valence electrons. The highest BCUT2D eigenvalue weighted by Gasteiger charge is 2.08. The molecule has 0 aliphatic rings. The fourth-order valence-corrected chi connectivity index (χ4v) is 3.84. The van der Waals surface area contributed by atoms with Crippen LogP contribution in [0.25, 0.3) is 11.0 Å². The van der Waals surface area contributed by atoms with Crippen molar-refractivity contribution in [3.8, 4) is 5.75 Å². The van der Waals surface area contributed by atoms with Crippen LogP contribution in [-0.2, 0) is 22.7 Å². The number of hydrogen-bond acceptors (Lipinski definition) is 6. The van der Waals surface area contributed by atoms with Crippen LogP contribution in [0.5, 0.6) is 5.75 Å². The quantitative estimate of drug-likeness (QED) is 0.320. The zero-order valence-corrected chi connectivity index (χ0v) is 17.7. The Morgan fingerprint density at radius 1 is 1.10 bits per heavy atom. The molecular weight excluding hydrogens is 412 g/mol. The van der Waals surface area contributed by atoms with Crippen molar-refractivity contribution in [1.82, 2.24) is 9.38 Å². The van der Waals surface area contributed by atoms with Crippen LogP contribution in [0.1, 0.15) is 22.5 Å². The molecule has 0 aliphatic carbocycles. The molecule has 0 amide bonds. The third kappa shape index (κ3) is 5.26. The van der Waals surface area contributed by atoms with Crippen molar-refractivity contribution in [1.29, 1.82) is 0 Å². The first-order valence-electron chi connectivity index (χ1n) is 9.67. The topological polar surface area (TPSA) is 69.9 Å². The SMILES string of the molecule is Cc1csc2nc(COC(=O)/C=C/c3ccc(OCc4ccccc4)cc3)cc(=O)n12. The van der Waals surface area contributed by atoms with Gasteiger partial charge in [0.25, 0.3) is 5.56 Å². The number of nitrogens with zero attached hydrogens (tertiary/aromatic N) is 2. The summed E-state index contributed by atoms with van der Waals surface area (Å²) in [7, 11) is 0. The lowest BCUT2D eigenvalue weighted by molar-refractivity contribution is -0.139. The van der Waals surface area contributed by atoms with Gasteiger partial charge in [-0.25, -0.2) is 9.78 Å². The number of hydrogen-bond donors (Lipinski definition) is 0. The first kappa shape index (κ1) is 20.6. The smallest absolute Gasteiger partial charge is 0.331 e. The second-order valence-electron chi connectivity index (χ2n) is 6.87. The van der Waals surface area contributed by atoms with Crippen molar-refractivity contribution in [3.63, 3.8) is 0 Å². The fourth-order valence-electron chi connectivity index (χ4n) is 2.95. The maximum Gasteiger partial charge on any atom is 0.331 e. The minimum absolute atomic E-state index is 0.0574. The Labute approximate surface area is 183 Å². The van der Waals surface area contributed by atoms with E-state index in [0.717, 1.165) is 22.6 Å². The van der Waals surface area contributed by atoms with E-state index in [-0.39, 0.29) is 12.2 Å². The molecule has 0 spiro atoms. The highest BCUT2D eigenvalue weighted by molar-refractivity contribution is 7.15. The highest BCUT2D eigenvalue weighted by Crippen LogP contribution is 2.15. The van der Waals surface area contributed by atoms with Crippen LogP contribution in [-0.4, -0.2) is 15.4 Å². The van der Waals surface area contributed by atoms with E-state index in [4.69, 9.17) is 9.47 Å². The third-order valence-corrected chi connectivity index (χ3v) is 5.47. The Hall–Kier alpha value is -3.71. The van der Waals surface area contributed by atoms with Crippen LogP contribution in [0.15, 0.2) is 76.9 Å². The molecule has 2 aromatic heterocycles. The molecular formula is C24H20N2O4S. The van der Waals surface area contributed by atoms with Gasteiger partial charge in [0.1, 0.15) is 19.0 Å². The summed E-state index contributed by atoms with van der Waals surface area (Å²) in [6, 6.07) is 18.7. The molecule has 7 heteroatoms. The average Bonchev–Trinajstić information content (AvgIpc) is 3.17.